The van der Waals surface area contributed by atoms with Gasteiger partial charge in [0.25, 0.3) is 0 Å². The first-order valence-corrected chi connectivity index (χ1v) is 9.08. The number of nitrogens with one attached hydrogen (secondary N) is 1. The van der Waals surface area contributed by atoms with Gasteiger partial charge in [0.1, 0.15) is 5.76 Å². The van der Waals surface area contributed by atoms with Gasteiger partial charge in [-0.15, -0.1) is 0 Å². The first kappa shape index (κ1) is 17.3. The maximum absolute atomic E-state index is 5.64. The molecule has 1 aromatic rings. The lowest BCUT2D eigenvalue weighted by atomic mass is 9.87. The van der Waals surface area contributed by atoms with Crippen molar-refractivity contribution in [2.45, 2.75) is 46.5 Å². The second-order valence-corrected chi connectivity index (χ2v) is 7.31. The number of hydrogen-bond acceptors (Lipinski definition) is 4. The molecule has 3 rings (SSSR count). The topological polar surface area (TPSA) is 62.9 Å². The van der Waals surface area contributed by atoms with E-state index in [1.54, 1.807) is 0 Å². The lowest BCUT2D eigenvalue weighted by molar-refractivity contribution is 0.156. The Bertz CT molecular complexity index is 570. The Morgan fingerprint density at radius 2 is 2.25 bits per heavy atom. The molecule has 0 amide bonds. The lowest BCUT2D eigenvalue weighted by Crippen LogP contribution is -2.41. The van der Waals surface area contributed by atoms with Gasteiger partial charge in [-0.3, -0.25) is 4.99 Å². The summed E-state index contributed by atoms with van der Waals surface area (Å²) in [6, 6.07) is 0. The Morgan fingerprint density at radius 3 is 2.88 bits per heavy atom. The van der Waals surface area contributed by atoms with Crippen molar-refractivity contribution >= 4 is 5.96 Å². The monoisotopic (exact) mass is 334 g/mol. The zero-order chi connectivity index (χ0) is 17.2. The van der Waals surface area contributed by atoms with Crippen LogP contribution in [0.25, 0.3) is 0 Å². The van der Waals surface area contributed by atoms with Gasteiger partial charge >= 0.3 is 0 Å². The second-order valence-electron chi connectivity index (χ2n) is 7.31. The number of guanidine groups is 1. The van der Waals surface area contributed by atoms with E-state index >= 15 is 0 Å². The molecule has 1 N–H and O–H groups in total. The minimum atomic E-state index is 0.302. The first-order chi connectivity index (χ1) is 11.5. The van der Waals surface area contributed by atoms with Crippen LogP contribution in [0.4, 0.5) is 0 Å². The first-order valence-electron chi connectivity index (χ1n) is 9.08. The van der Waals surface area contributed by atoms with Crippen molar-refractivity contribution in [3.05, 3.63) is 17.0 Å². The fraction of sp³-hybridized carbons (Fsp3) is 0.778. The minimum absolute atomic E-state index is 0.302. The second kappa shape index (κ2) is 7.13. The van der Waals surface area contributed by atoms with E-state index in [9.17, 15) is 0 Å². The van der Waals surface area contributed by atoms with Crippen molar-refractivity contribution in [1.29, 1.82) is 0 Å². The molecule has 1 spiro atoms. The summed E-state index contributed by atoms with van der Waals surface area (Å²) in [6.45, 7) is 13.8. The predicted molar refractivity (Wildman–Crippen MR) is 94.4 cm³/mol. The van der Waals surface area contributed by atoms with Crippen LogP contribution < -0.4 is 5.32 Å². The van der Waals surface area contributed by atoms with Crippen LogP contribution in [-0.2, 0) is 4.74 Å². The molecule has 0 bridgehead atoms. The maximum atomic E-state index is 5.64. The largest absolute Gasteiger partial charge is 0.381 e. The van der Waals surface area contributed by atoms with Crippen molar-refractivity contribution in [2.75, 3.05) is 39.4 Å². The highest BCUT2D eigenvalue weighted by Crippen LogP contribution is 2.38. The average Bonchev–Trinajstić information content (AvgIpc) is 3.27. The van der Waals surface area contributed by atoms with E-state index in [0.29, 0.717) is 11.3 Å². The molecule has 2 fully saturated rings. The number of aliphatic imine (C=N–C) groups is 1. The zero-order valence-electron chi connectivity index (χ0n) is 15.4. The fourth-order valence-corrected chi connectivity index (χ4v) is 4.02. The molecule has 2 atom stereocenters. The molecule has 6 heteroatoms. The Hall–Kier alpha value is -1.56. The summed E-state index contributed by atoms with van der Waals surface area (Å²) in [6.07, 6.45) is 2.38. The minimum Gasteiger partial charge on any atom is -0.381 e. The number of ether oxygens (including phenoxy) is 1. The number of aromatic nitrogens is 1. The van der Waals surface area contributed by atoms with Crippen LogP contribution in [0, 0.1) is 19.3 Å². The van der Waals surface area contributed by atoms with E-state index in [4.69, 9.17) is 14.3 Å². The summed E-state index contributed by atoms with van der Waals surface area (Å²) in [5.41, 5.74) is 2.52. The van der Waals surface area contributed by atoms with E-state index in [2.05, 4.69) is 29.2 Å². The summed E-state index contributed by atoms with van der Waals surface area (Å²) in [7, 11) is 0. The third-order valence-electron chi connectivity index (χ3n) is 5.35. The van der Waals surface area contributed by atoms with Crippen molar-refractivity contribution in [3.63, 3.8) is 0 Å². The summed E-state index contributed by atoms with van der Waals surface area (Å²) < 4.78 is 10.9. The summed E-state index contributed by atoms with van der Waals surface area (Å²) in [5, 5.41) is 7.52. The van der Waals surface area contributed by atoms with Gasteiger partial charge in [0.05, 0.1) is 12.3 Å². The molecule has 3 heterocycles. The average molecular weight is 334 g/mol. The van der Waals surface area contributed by atoms with Crippen LogP contribution in [0.5, 0.6) is 0 Å². The van der Waals surface area contributed by atoms with Crippen LogP contribution in [0.15, 0.2) is 9.52 Å². The Kier molecular flexibility index (Phi) is 5.13. The molecule has 2 aliphatic rings. The van der Waals surface area contributed by atoms with Crippen molar-refractivity contribution in [2.24, 2.45) is 10.4 Å². The van der Waals surface area contributed by atoms with Crippen molar-refractivity contribution in [3.8, 4) is 0 Å². The standard InChI is InChI=1S/C18H30N4O2/c1-5-19-17(22-8-6-18(11-22)7-9-23-12-18)20-10-13(2)16-14(3)21-24-15(16)4/h13H,5-12H2,1-4H3,(H,19,20). The fourth-order valence-electron chi connectivity index (χ4n) is 4.02. The molecule has 2 aliphatic heterocycles. The van der Waals surface area contributed by atoms with Gasteiger partial charge in [-0.1, -0.05) is 12.1 Å². The Labute approximate surface area is 144 Å². The summed E-state index contributed by atoms with van der Waals surface area (Å²) in [4.78, 5) is 7.31. The predicted octanol–water partition coefficient (Wildman–Crippen LogP) is 2.47. The number of hydrogen-bond donors (Lipinski definition) is 1. The van der Waals surface area contributed by atoms with Gasteiger partial charge in [-0.05, 0) is 33.6 Å². The highest BCUT2D eigenvalue weighted by Gasteiger charge is 2.42. The molecule has 1 aromatic heterocycles. The van der Waals surface area contributed by atoms with Crippen molar-refractivity contribution < 1.29 is 9.26 Å². The molecule has 2 unspecified atom stereocenters. The molecule has 6 nitrogen and oxygen atoms in total. The van der Waals surface area contributed by atoms with Gasteiger partial charge in [0.2, 0.25) is 0 Å². The van der Waals surface area contributed by atoms with Crippen LogP contribution in [0.3, 0.4) is 0 Å². The van der Waals surface area contributed by atoms with Gasteiger partial charge in [-0.25, -0.2) is 0 Å². The van der Waals surface area contributed by atoms with E-state index < -0.39 is 0 Å². The smallest absolute Gasteiger partial charge is 0.193 e. The Morgan fingerprint density at radius 1 is 1.42 bits per heavy atom. The molecular weight excluding hydrogens is 304 g/mol. The number of nitrogens with zero attached hydrogens (tertiary/aromatic N) is 3. The molecule has 0 aromatic carbocycles. The SMILES string of the molecule is CCNC(=NCC(C)c1c(C)noc1C)N1CCC2(CCOC2)C1. The number of likely N-dealkylation sites (tertiary alicyclic amines) is 1. The molecule has 24 heavy (non-hydrogen) atoms. The van der Waals surface area contributed by atoms with E-state index in [1.807, 2.05) is 13.8 Å². The normalized spacial score (nSPS) is 25.7. The van der Waals surface area contributed by atoms with Crippen LogP contribution in [0.2, 0.25) is 0 Å². The van der Waals surface area contributed by atoms with E-state index in [1.165, 1.54) is 18.4 Å². The lowest BCUT2D eigenvalue weighted by Gasteiger charge is -2.25. The van der Waals surface area contributed by atoms with Gasteiger partial charge < -0.3 is 19.5 Å². The maximum Gasteiger partial charge on any atom is 0.193 e. The Balaban J connectivity index is 1.68. The van der Waals surface area contributed by atoms with E-state index in [0.717, 1.165) is 56.8 Å². The summed E-state index contributed by atoms with van der Waals surface area (Å²) in [5.74, 6) is 2.24. The molecule has 0 radical (unpaired) electrons. The number of aryl methyl sites for hydroxylation is 2. The van der Waals surface area contributed by atoms with Crippen LogP contribution in [0.1, 0.15) is 49.6 Å². The highest BCUT2D eigenvalue weighted by atomic mass is 16.5. The third kappa shape index (κ3) is 3.43. The quantitative estimate of drug-likeness (QED) is 0.677. The van der Waals surface area contributed by atoms with Gasteiger partial charge in [0.15, 0.2) is 5.96 Å². The molecule has 2 saturated heterocycles. The van der Waals surface area contributed by atoms with Crippen molar-refractivity contribution in [1.82, 2.24) is 15.4 Å². The van der Waals surface area contributed by atoms with Gasteiger partial charge in [-0.2, -0.15) is 0 Å². The molecule has 134 valence electrons. The van der Waals surface area contributed by atoms with Crippen LogP contribution >= 0.6 is 0 Å². The third-order valence-corrected chi connectivity index (χ3v) is 5.35. The van der Waals surface area contributed by atoms with E-state index in [-0.39, 0.29) is 0 Å². The van der Waals surface area contributed by atoms with Gasteiger partial charge in [0, 0.05) is 49.7 Å². The van der Waals surface area contributed by atoms with Crippen LogP contribution in [-0.4, -0.2) is 55.4 Å². The zero-order valence-corrected chi connectivity index (χ0v) is 15.4. The molecule has 0 saturated carbocycles. The highest BCUT2D eigenvalue weighted by molar-refractivity contribution is 5.80. The number of rotatable bonds is 4. The summed E-state index contributed by atoms with van der Waals surface area (Å²) >= 11 is 0. The molecular formula is C18H30N4O2. The molecule has 0 aliphatic carbocycles.